The highest BCUT2D eigenvalue weighted by molar-refractivity contribution is 9.10. The first kappa shape index (κ1) is 17.3. The highest BCUT2D eigenvalue weighted by Gasteiger charge is 2.32. The summed E-state index contributed by atoms with van der Waals surface area (Å²) in [5, 5.41) is 7.95. The van der Waals surface area contributed by atoms with Crippen molar-refractivity contribution >= 4 is 50.1 Å². The van der Waals surface area contributed by atoms with E-state index in [0.29, 0.717) is 12.3 Å². The van der Waals surface area contributed by atoms with E-state index in [0.717, 1.165) is 45.8 Å². The Kier molecular flexibility index (Phi) is 4.62. The van der Waals surface area contributed by atoms with Crippen molar-refractivity contribution in [3.8, 4) is 0 Å². The minimum atomic E-state index is -0.376. The molecule has 0 bridgehead atoms. The number of thiazole rings is 1. The molecule has 1 aliphatic rings. The molecule has 0 N–H and O–H groups in total. The summed E-state index contributed by atoms with van der Waals surface area (Å²) in [5.41, 5.74) is 1.15. The number of nitrogens with zero attached hydrogens (tertiary/aromatic N) is 6. The van der Waals surface area contributed by atoms with Gasteiger partial charge in [-0.2, -0.15) is 5.10 Å². The lowest BCUT2D eigenvalue weighted by Crippen LogP contribution is -2.24. The Hall–Kier alpha value is -2.07. The SMILES string of the molecule is CCOC(=O)c1csc(C2CCCN2c2ncnc3c2c(Br)nn3C)n1. The van der Waals surface area contributed by atoms with E-state index in [1.807, 2.05) is 7.05 Å². The van der Waals surface area contributed by atoms with Crippen LogP contribution in [0.15, 0.2) is 16.3 Å². The molecule has 3 aromatic heterocycles. The minimum absolute atomic E-state index is 0.0772. The van der Waals surface area contributed by atoms with Gasteiger partial charge >= 0.3 is 5.97 Å². The molecule has 1 saturated heterocycles. The number of anilines is 1. The molecule has 0 spiro atoms. The van der Waals surface area contributed by atoms with Gasteiger partial charge in [0.05, 0.1) is 18.0 Å². The van der Waals surface area contributed by atoms with Gasteiger partial charge in [0.15, 0.2) is 11.3 Å². The number of fused-ring (bicyclic) bond motifs is 1. The molecule has 8 nitrogen and oxygen atoms in total. The smallest absolute Gasteiger partial charge is 0.357 e. The molecule has 0 aliphatic carbocycles. The Labute approximate surface area is 162 Å². The molecular weight excluding hydrogens is 420 g/mol. The average molecular weight is 437 g/mol. The van der Waals surface area contributed by atoms with Gasteiger partial charge in [-0.05, 0) is 35.7 Å². The molecule has 136 valence electrons. The van der Waals surface area contributed by atoms with Crippen molar-refractivity contribution in [2.24, 2.45) is 7.05 Å². The second kappa shape index (κ2) is 6.92. The van der Waals surface area contributed by atoms with Crippen molar-refractivity contribution in [3.63, 3.8) is 0 Å². The van der Waals surface area contributed by atoms with E-state index in [4.69, 9.17) is 4.74 Å². The number of ether oxygens (including phenoxy) is 1. The van der Waals surface area contributed by atoms with Gasteiger partial charge in [0.1, 0.15) is 21.8 Å². The number of aromatic nitrogens is 5. The molecule has 1 atom stereocenters. The van der Waals surface area contributed by atoms with Crippen LogP contribution in [0.5, 0.6) is 0 Å². The molecule has 1 unspecified atom stereocenters. The summed E-state index contributed by atoms with van der Waals surface area (Å²) in [6, 6.07) is 0.0772. The molecule has 0 aromatic carbocycles. The normalized spacial score (nSPS) is 17.2. The van der Waals surface area contributed by atoms with Gasteiger partial charge in [0.25, 0.3) is 0 Å². The number of rotatable bonds is 4. The van der Waals surface area contributed by atoms with E-state index in [-0.39, 0.29) is 12.0 Å². The Morgan fingerprint density at radius 2 is 2.31 bits per heavy atom. The van der Waals surface area contributed by atoms with Crippen molar-refractivity contribution in [1.82, 2.24) is 24.7 Å². The fraction of sp³-hybridized carbons (Fsp3) is 0.438. The lowest BCUT2D eigenvalue weighted by Gasteiger charge is -2.24. The molecule has 3 aromatic rings. The van der Waals surface area contributed by atoms with Crippen molar-refractivity contribution in [3.05, 3.63) is 27.0 Å². The van der Waals surface area contributed by atoms with Crippen LogP contribution in [0.2, 0.25) is 0 Å². The van der Waals surface area contributed by atoms with Crippen LogP contribution >= 0.6 is 27.3 Å². The zero-order chi connectivity index (χ0) is 18.3. The maximum Gasteiger partial charge on any atom is 0.357 e. The van der Waals surface area contributed by atoms with Gasteiger partial charge in [-0.3, -0.25) is 0 Å². The van der Waals surface area contributed by atoms with Crippen LogP contribution in [0.3, 0.4) is 0 Å². The van der Waals surface area contributed by atoms with E-state index < -0.39 is 0 Å². The first-order valence-electron chi connectivity index (χ1n) is 8.32. The summed E-state index contributed by atoms with van der Waals surface area (Å²) in [6.45, 7) is 3.00. The van der Waals surface area contributed by atoms with E-state index >= 15 is 0 Å². The lowest BCUT2D eigenvalue weighted by molar-refractivity contribution is 0.0520. The van der Waals surface area contributed by atoms with E-state index in [1.54, 1.807) is 23.3 Å². The van der Waals surface area contributed by atoms with Crippen LogP contribution in [0.25, 0.3) is 11.0 Å². The maximum absolute atomic E-state index is 11.9. The molecule has 0 saturated carbocycles. The Balaban J connectivity index is 1.71. The number of esters is 1. The summed E-state index contributed by atoms with van der Waals surface area (Å²) < 4.78 is 7.50. The Bertz CT molecular complexity index is 971. The van der Waals surface area contributed by atoms with Crippen LogP contribution in [0.1, 0.15) is 41.3 Å². The molecule has 4 rings (SSSR count). The van der Waals surface area contributed by atoms with Gasteiger partial charge in [0.2, 0.25) is 0 Å². The van der Waals surface area contributed by atoms with E-state index in [1.165, 1.54) is 11.3 Å². The van der Waals surface area contributed by atoms with Crippen LogP contribution in [0.4, 0.5) is 5.82 Å². The first-order valence-corrected chi connectivity index (χ1v) is 9.99. The van der Waals surface area contributed by atoms with Gasteiger partial charge in [0, 0.05) is 19.0 Å². The largest absolute Gasteiger partial charge is 0.461 e. The zero-order valence-corrected chi connectivity index (χ0v) is 16.7. The monoisotopic (exact) mass is 436 g/mol. The van der Waals surface area contributed by atoms with Crippen molar-refractivity contribution in [2.45, 2.75) is 25.8 Å². The molecule has 4 heterocycles. The van der Waals surface area contributed by atoms with Crippen LogP contribution in [-0.4, -0.2) is 43.9 Å². The van der Waals surface area contributed by atoms with Gasteiger partial charge in [-0.1, -0.05) is 0 Å². The molecule has 1 aliphatic heterocycles. The molecule has 0 radical (unpaired) electrons. The highest BCUT2D eigenvalue weighted by atomic mass is 79.9. The third kappa shape index (κ3) is 2.86. The quantitative estimate of drug-likeness (QED) is 0.580. The van der Waals surface area contributed by atoms with Crippen LogP contribution in [-0.2, 0) is 11.8 Å². The number of aryl methyl sites for hydroxylation is 1. The zero-order valence-electron chi connectivity index (χ0n) is 14.3. The van der Waals surface area contributed by atoms with Gasteiger partial charge in [-0.15, -0.1) is 11.3 Å². The lowest BCUT2D eigenvalue weighted by atomic mass is 10.2. The fourth-order valence-corrected chi connectivity index (χ4v) is 4.79. The van der Waals surface area contributed by atoms with E-state index in [2.05, 4.69) is 40.9 Å². The second-order valence-electron chi connectivity index (χ2n) is 5.95. The minimum Gasteiger partial charge on any atom is -0.461 e. The summed E-state index contributed by atoms with van der Waals surface area (Å²) in [7, 11) is 1.86. The summed E-state index contributed by atoms with van der Waals surface area (Å²) >= 11 is 5.00. The molecule has 26 heavy (non-hydrogen) atoms. The summed E-state index contributed by atoms with van der Waals surface area (Å²) in [6.07, 6.45) is 3.55. The van der Waals surface area contributed by atoms with Crippen molar-refractivity contribution in [1.29, 1.82) is 0 Å². The third-order valence-corrected chi connectivity index (χ3v) is 5.88. The first-order chi connectivity index (χ1) is 12.6. The summed E-state index contributed by atoms with van der Waals surface area (Å²) in [5.74, 6) is 0.462. The molecular formula is C16H17BrN6O2S. The average Bonchev–Trinajstić information content (AvgIpc) is 3.34. The molecule has 0 amide bonds. The number of hydrogen-bond acceptors (Lipinski definition) is 8. The van der Waals surface area contributed by atoms with E-state index in [9.17, 15) is 4.79 Å². The second-order valence-corrected chi connectivity index (χ2v) is 7.59. The van der Waals surface area contributed by atoms with Crippen LogP contribution < -0.4 is 4.90 Å². The third-order valence-electron chi connectivity index (χ3n) is 4.37. The topological polar surface area (TPSA) is 86.0 Å². The standard InChI is InChI=1S/C16H17BrN6O2S/c1-3-25-16(24)9-7-26-15(20-9)10-5-4-6-23(10)14-11-12(17)21-22(2)13(11)18-8-19-14/h7-8,10H,3-6H2,1-2H3. The highest BCUT2D eigenvalue weighted by Crippen LogP contribution is 2.40. The molecule has 10 heteroatoms. The fourth-order valence-electron chi connectivity index (χ4n) is 3.26. The van der Waals surface area contributed by atoms with Crippen molar-refractivity contribution in [2.75, 3.05) is 18.1 Å². The predicted molar refractivity (Wildman–Crippen MR) is 101 cm³/mol. The number of carbonyl (C=O) groups excluding carboxylic acids is 1. The van der Waals surface area contributed by atoms with Crippen LogP contribution in [0, 0.1) is 0 Å². The number of carbonyl (C=O) groups is 1. The Morgan fingerprint density at radius 1 is 1.46 bits per heavy atom. The maximum atomic E-state index is 11.9. The predicted octanol–water partition coefficient (Wildman–Crippen LogP) is 3.10. The van der Waals surface area contributed by atoms with Gasteiger partial charge in [-0.25, -0.2) is 24.4 Å². The van der Waals surface area contributed by atoms with Crippen molar-refractivity contribution < 1.29 is 9.53 Å². The summed E-state index contributed by atoms with van der Waals surface area (Å²) in [4.78, 5) is 27.5. The van der Waals surface area contributed by atoms with Gasteiger partial charge < -0.3 is 9.64 Å². The Morgan fingerprint density at radius 3 is 3.12 bits per heavy atom. The molecule has 1 fully saturated rings. The number of hydrogen-bond donors (Lipinski definition) is 0. The number of halogens is 1.